The molecular weight excluding hydrogens is 348 g/mol. The summed E-state index contributed by atoms with van der Waals surface area (Å²) in [6.07, 6.45) is 2.46. The zero-order chi connectivity index (χ0) is 18.8. The summed E-state index contributed by atoms with van der Waals surface area (Å²) < 4.78 is 5.17. The van der Waals surface area contributed by atoms with Gasteiger partial charge >= 0.3 is 0 Å². The molecule has 1 aliphatic rings. The number of aliphatic imine (C=N–C) groups is 1. The van der Waals surface area contributed by atoms with Gasteiger partial charge in [0, 0.05) is 46.2 Å². The van der Waals surface area contributed by atoms with Crippen LogP contribution in [-0.2, 0) is 11.3 Å². The number of hydrogen-bond donors (Lipinski definition) is 2. The number of hydrogen-bond acceptors (Lipinski definition) is 6. The van der Waals surface area contributed by atoms with E-state index in [-0.39, 0.29) is 0 Å². The Morgan fingerprint density at radius 3 is 2.77 bits per heavy atom. The number of likely N-dealkylation sites (tertiary alicyclic amines) is 1. The molecule has 0 aromatic carbocycles. The third-order valence-corrected chi connectivity index (χ3v) is 5.60. The van der Waals surface area contributed by atoms with Crippen molar-refractivity contribution >= 4 is 22.4 Å². The quantitative estimate of drug-likeness (QED) is 0.500. The maximum absolute atomic E-state index is 5.17. The van der Waals surface area contributed by atoms with Crippen LogP contribution >= 0.6 is 11.3 Å². The second-order valence-corrected chi connectivity index (χ2v) is 7.71. The van der Waals surface area contributed by atoms with E-state index in [2.05, 4.69) is 37.8 Å². The number of nitrogens with one attached hydrogen (secondary N) is 2. The summed E-state index contributed by atoms with van der Waals surface area (Å²) in [4.78, 5) is 13.8. The Labute approximate surface area is 161 Å². The van der Waals surface area contributed by atoms with Gasteiger partial charge in [0.25, 0.3) is 0 Å². The molecule has 148 valence electrons. The van der Waals surface area contributed by atoms with Crippen LogP contribution in [0.15, 0.2) is 10.4 Å². The number of methoxy groups -OCH3 is 1. The Morgan fingerprint density at radius 1 is 1.38 bits per heavy atom. The molecule has 1 aromatic rings. The topological polar surface area (TPSA) is 65.0 Å². The fourth-order valence-corrected chi connectivity index (χ4v) is 3.70. The Bertz CT molecular complexity index is 540. The maximum atomic E-state index is 5.17. The first kappa shape index (κ1) is 20.9. The SMILES string of the molecule is CCNC(=NCc1csc(N(C)C)n1)NCC1CCN(CCOC)CC1. The number of piperidine rings is 1. The van der Waals surface area contributed by atoms with Gasteiger partial charge in [0.2, 0.25) is 0 Å². The highest BCUT2D eigenvalue weighted by Crippen LogP contribution is 2.18. The van der Waals surface area contributed by atoms with Crippen molar-refractivity contribution in [1.29, 1.82) is 0 Å². The summed E-state index contributed by atoms with van der Waals surface area (Å²) in [7, 11) is 5.79. The molecule has 0 amide bonds. The molecule has 0 spiro atoms. The molecule has 0 aliphatic carbocycles. The second kappa shape index (κ2) is 11.4. The number of thiazole rings is 1. The van der Waals surface area contributed by atoms with Crippen LogP contribution in [-0.4, -0.2) is 76.4 Å². The minimum Gasteiger partial charge on any atom is -0.383 e. The van der Waals surface area contributed by atoms with Crippen molar-refractivity contribution in [3.63, 3.8) is 0 Å². The van der Waals surface area contributed by atoms with Gasteiger partial charge in [-0.15, -0.1) is 11.3 Å². The van der Waals surface area contributed by atoms with E-state index in [0.29, 0.717) is 12.5 Å². The highest BCUT2D eigenvalue weighted by atomic mass is 32.1. The molecule has 0 atom stereocenters. The summed E-state index contributed by atoms with van der Waals surface area (Å²) in [5.74, 6) is 1.59. The normalized spacial score (nSPS) is 16.7. The first-order valence-corrected chi connectivity index (χ1v) is 10.4. The van der Waals surface area contributed by atoms with Crippen molar-refractivity contribution in [2.45, 2.75) is 26.3 Å². The molecule has 0 saturated carbocycles. The van der Waals surface area contributed by atoms with Gasteiger partial charge in [-0.1, -0.05) is 0 Å². The number of aromatic nitrogens is 1. The molecule has 7 nitrogen and oxygen atoms in total. The van der Waals surface area contributed by atoms with E-state index >= 15 is 0 Å². The minimum absolute atomic E-state index is 0.606. The van der Waals surface area contributed by atoms with E-state index in [1.165, 1.54) is 12.8 Å². The molecule has 0 unspecified atom stereocenters. The molecule has 8 heteroatoms. The summed E-state index contributed by atoms with van der Waals surface area (Å²) >= 11 is 1.66. The average Bonchev–Trinajstić information content (AvgIpc) is 3.12. The van der Waals surface area contributed by atoms with Gasteiger partial charge in [-0.3, -0.25) is 0 Å². The Morgan fingerprint density at radius 2 is 2.15 bits per heavy atom. The van der Waals surface area contributed by atoms with Gasteiger partial charge in [0.15, 0.2) is 11.1 Å². The first-order chi connectivity index (χ1) is 12.6. The molecule has 1 aliphatic heterocycles. The first-order valence-electron chi connectivity index (χ1n) is 9.47. The number of anilines is 1. The molecule has 0 radical (unpaired) electrons. The summed E-state index contributed by atoms with van der Waals surface area (Å²) in [5, 5.41) is 9.95. The predicted octanol–water partition coefficient (Wildman–Crippen LogP) is 1.62. The van der Waals surface area contributed by atoms with E-state index in [1.54, 1.807) is 18.4 Å². The van der Waals surface area contributed by atoms with Crippen LogP contribution < -0.4 is 15.5 Å². The van der Waals surface area contributed by atoms with Gasteiger partial charge < -0.3 is 25.2 Å². The molecule has 2 rings (SSSR count). The lowest BCUT2D eigenvalue weighted by atomic mass is 9.97. The fourth-order valence-electron chi connectivity index (χ4n) is 2.95. The minimum atomic E-state index is 0.606. The Hall–Kier alpha value is -1.38. The standard InChI is InChI=1S/C18H34N6OS/c1-5-19-17(21-13-16-14-26-18(22-16)23(2)3)20-12-15-6-8-24(9-7-15)10-11-25-4/h14-15H,5-13H2,1-4H3,(H2,19,20,21). The van der Waals surface area contributed by atoms with Gasteiger partial charge in [-0.2, -0.15) is 0 Å². The zero-order valence-electron chi connectivity index (χ0n) is 16.6. The lowest BCUT2D eigenvalue weighted by Crippen LogP contribution is -2.43. The van der Waals surface area contributed by atoms with E-state index in [9.17, 15) is 0 Å². The summed E-state index contributed by atoms with van der Waals surface area (Å²) in [6.45, 7) is 8.74. The molecule has 1 fully saturated rings. The van der Waals surface area contributed by atoms with Crippen molar-refractivity contribution < 1.29 is 4.74 Å². The number of rotatable bonds is 9. The zero-order valence-corrected chi connectivity index (χ0v) is 17.4. The lowest BCUT2D eigenvalue weighted by Gasteiger charge is -2.32. The van der Waals surface area contributed by atoms with Crippen LogP contribution in [0, 0.1) is 5.92 Å². The molecule has 2 heterocycles. The van der Waals surface area contributed by atoms with Crippen LogP contribution in [0.2, 0.25) is 0 Å². The van der Waals surface area contributed by atoms with E-state index in [4.69, 9.17) is 4.74 Å². The van der Waals surface area contributed by atoms with Gasteiger partial charge in [0.1, 0.15) is 0 Å². The summed E-state index contributed by atoms with van der Waals surface area (Å²) in [6, 6.07) is 0. The number of ether oxygens (including phenoxy) is 1. The molecule has 1 aromatic heterocycles. The van der Waals surface area contributed by atoms with Crippen molar-refractivity contribution in [1.82, 2.24) is 20.5 Å². The third kappa shape index (κ3) is 7.09. The van der Waals surface area contributed by atoms with Crippen molar-refractivity contribution in [2.75, 3.05) is 65.4 Å². The number of nitrogens with zero attached hydrogens (tertiary/aromatic N) is 4. The molecule has 2 N–H and O–H groups in total. The third-order valence-electron chi connectivity index (χ3n) is 4.54. The van der Waals surface area contributed by atoms with Crippen LogP contribution in [0.25, 0.3) is 0 Å². The highest BCUT2D eigenvalue weighted by molar-refractivity contribution is 7.13. The average molecular weight is 383 g/mol. The fraction of sp³-hybridized carbons (Fsp3) is 0.778. The maximum Gasteiger partial charge on any atom is 0.191 e. The monoisotopic (exact) mass is 382 g/mol. The molecular formula is C18H34N6OS. The van der Waals surface area contributed by atoms with Gasteiger partial charge in [0.05, 0.1) is 18.8 Å². The van der Waals surface area contributed by atoms with Crippen LogP contribution in [0.5, 0.6) is 0 Å². The molecule has 0 bridgehead atoms. The second-order valence-electron chi connectivity index (χ2n) is 6.87. The Balaban J connectivity index is 1.76. The van der Waals surface area contributed by atoms with Crippen molar-refractivity contribution in [2.24, 2.45) is 10.9 Å². The lowest BCUT2D eigenvalue weighted by molar-refractivity contribution is 0.121. The van der Waals surface area contributed by atoms with Gasteiger partial charge in [-0.25, -0.2) is 9.98 Å². The van der Waals surface area contributed by atoms with Crippen molar-refractivity contribution in [3.8, 4) is 0 Å². The predicted molar refractivity (Wildman–Crippen MR) is 110 cm³/mol. The molecule has 1 saturated heterocycles. The van der Waals surface area contributed by atoms with E-state index < -0.39 is 0 Å². The van der Waals surface area contributed by atoms with Crippen LogP contribution in [0.3, 0.4) is 0 Å². The highest BCUT2D eigenvalue weighted by Gasteiger charge is 2.19. The number of guanidine groups is 1. The van der Waals surface area contributed by atoms with Crippen LogP contribution in [0.1, 0.15) is 25.5 Å². The van der Waals surface area contributed by atoms with E-state index in [1.807, 2.05) is 19.0 Å². The Kier molecular flexibility index (Phi) is 9.14. The van der Waals surface area contributed by atoms with Crippen molar-refractivity contribution in [3.05, 3.63) is 11.1 Å². The van der Waals surface area contributed by atoms with E-state index in [0.717, 1.165) is 56.1 Å². The van der Waals surface area contributed by atoms with Gasteiger partial charge in [-0.05, 0) is 38.8 Å². The smallest absolute Gasteiger partial charge is 0.191 e. The van der Waals surface area contributed by atoms with Crippen LogP contribution in [0.4, 0.5) is 5.13 Å². The molecule has 26 heavy (non-hydrogen) atoms. The summed E-state index contributed by atoms with van der Waals surface area (Å²) in [5.41, 5.74) is 1.02. The largest absolute Gasteiger partial charge is 0.383 e.